The highest BCUT2D eigenvalue weighted by atomic mass is 35.5. The molecular formula is C11H14ClNO8. The molecule has 0 aliphatic heterocycles. The summed E-state index contributed by atoms with van der Waals surface area (Å²) in [5.74, 6) is -1.52. The zero-order valence-electron chi connectivity index (χ0n) is 11.1. The van der Waals surface area contributed by atoms with E-state index in [1.807, 2.05) is 0 Å². The average Bonchev–Trinajstić information content (AvgIpc) is 2.46. The first kappa shape index (κ1) is 18.9. The van der Waals surface area contributed by atoms with E-state index in [4.69, 9.17) is 17.3 Å². The van der Waals surface area contributed by atoms with Gasteiger partial charge >= 0.3 is 18.1 Å². The Kier molecular flexibility index (Phi) is 9.55. The second kappa shape index (κ2) is 10.6. The van der Waals surface area contributed by atoms with Gasteiger partial charge in [0, 0.05) is 12.2 Å². The van der Waals surface area contributed by atoms with Crippen molar-refractivity contribution in [3.8, 4) is 0 Å². The predicted octanol–water partition coefficient (Wildman–Crippen LogP) is -0.495. The number of halogens is 1. The third-order valence-electron chi connectivity index (χ3n) is 1.78. The lowest BCUT2D eigenvalue weighted by Crippen LogP contribution is -2.33. The van der Waals surface area contributed by atoms with E-state index in [9.17, 15) is 19.2 Å². The fourth-order valence-electron chi connectivity index (χ4n) is 0.785. The van der Waals surface area contributed by atoms with Gasteiger partial charge in [0.05, 0.1) is 7.11 Å². The van der Waals surface area contributed by atoms with Crippen molar-refractivity contribution in [2.75, 3.05) is 26.9 Å². The van der Waals surface area contributed by atoms with Gasteiger partial charge in [-0.3, -0.25) is 4.79 Å². The van der Waals surface area contributed by atoms with Gasteiger partial charge in [-0.15, -0.1) is 0 Å². The van der Waals surface area contributed by atoms with E-state index in [2.05, 4.69) is 18.9 Å². The molecule has 2 N–H and O–H groups in total. The number of ether oxygens (including phenoxy) is 4. The lowest BCUT2D eigenvalue weighted by Gasteiger charge is -2.08. The predicted molar refractivity (Wildman–Crippen MR) is 68.3 cm³/mol. The van der Waals surface area contributed by atoms with Gasteiger partial charge in [0.25, 0.3) is 0 Å². The highest BCUT2D eigenvalue weighted by Gasteiger charge is 2.14. The molecule has 0 fully saturated rings. The van der Waals surface area contributed by atoms with Crippen molar-refractivity contribution in [2.45, 2.75) is 6.04 Å². The van der Waals surface area contributed by atoms with Crippen molar-refractivity contribution in [3.63, 3.8) is 0 Å². The minimum absolute atomic E-state index is 0.250. The van der Waals surface area contributed by atoms with E-state index in [1.54, 1.807) is 0 Å². The smallest absolute Gasteiger partial charge is 0.466 e. The SMILES string of the molecule is COC(=O)/C=C/C(=O)OCCOC(=O)OC[C@H](N)C(=O)Cl. The van der Waals surface area contributed by atoms with Gasteiger partial charge in [-0.1, -0.05) is 0 Å². The van der Waals surface area contributed by atoms with Crippen LogP contribution in [-0.2, 0) is 33.3 Å². The van der Waals surface area contributed by atoms with Crippen molar-refractivity contribution in [1.82, 2.24) is 0 Å². The van der Waals surface area contributed by atoms with Crippen molar-refractivity contribution in [3.05, 3.63) is 12.2 Å². The molecule has 0 saturated carbocycles. The van der Waals surface area contributed by atoms with Crippen LogP contribution in [0, 0.1) is 0 Å². The number of methoxy groups -OCH3 is 1. The maximum atomic E-state index is 11.0. The summed E-state index contributed by atoms with van der Waals surface area (Å²) in [7, 11) is 1.15. The second-order valence-electron chi connectivity index (χ2n) is 3.34. The second-order valence-corrected chi connectivity index (χ2v) is 3.72. The Morgan fingerprint density at radius 3 is 2.19 bits per heavy atom. The van der Waals surface area contributed by atoms with Gasteiger partial charge in [0.2, 0.25) is 5.24 Å². The summed E-state index contributed by atoms with van der Waals surface area (Å²) in [6, 6.07) is -1.14. The minimum Gasteiger partial charge on any atom is -0.466 e. The van der Waals surface area contributed by atoms with Crippen LogP contribution in [0.2, 0.25) is 0 Å². The molecule has 10 heteroatoms. The van der Waals surface area contributed by atoms with Crippen molar-refractivity contribution in [1.29, 1.82) is 0 Å². The van der Waals surface area contributed by atoms with Crippen LogP contribution >= 0.6 is 11.6 Å². The van der Waals surface area contributed by atoms with E-state index < -0.39 is 36.0 Å². The summed E-state index contributed by atoms with van der Waals surface area (Å²) in [6.45, 7) is -0.955. The highest BCUT2D eigenvalue weighted by molar-refractivity contribution is 6.64. The molecule has 1 atom stereocenters. The fourth-order valence-corrected chi connectivity index (χ4v) is 0.847. The third kappa shape index (κ3) is 10.3. The van der Waals surface area contributed by atoms with Gasteiger partial charge in [-0.25, -0.2) is 14.4 Å². The Morgan fingerprint density at radius 1 is 1.05 bits per heavy atom. The molecular weight excluding hydrogens is 310 g/mol. The number of hydrogen-bond acceptors (Lipinski definition) is 9. The maximum Gasteiger partial charge on any atom is 0.508 e. The first-order valence-electron chi connectivity index (χ1n) is 5.54. The number of carbonyl (C=O) groups is 4. The van der Waals surface area contributed by atoms with Crippen LogP contribution in [0.4, 0.5) is 4.79 Å². The molecule has 0 aromatic rings. The molecule has 0 bridgehead atoms. The van der Waals surface area contributed by atoms with Crippen LogP contribution in [0.15, 0.2) is 12.2 Å². The van der Waals surface area contributed by atoms with Crippen LogP contribution in [0.3, 0.4) is 0 Å². The molecule has 0 spiro atoms. The summed E-state index contributed by atoms with van der Waals surface area (Å²) < 4.78 is 17.8. The van der Waals surface area contributed by atoms with Gasteiger partial charge in [-0.2, -0.15) is 0 Å². The molecule has 0 heterocycles. The molecule has 118 valence electrons. The summed E-state index contributed by atoms with van der Waals surface area (Å²) in [5, 5.41) is -0.853. The maximum absolute atomic E-state index is 11.0. The summed E-state index contributed by atoms with van der Waals surface area (Å²) in [6.07, 6.45) is 0.640. The van der Waals surface area contributed by atoms with Crippen molar-refractivity contribution < 1.29 is 38.1 Å². The molecule has 0 aromatic carbocycles. The number of rotatable bonds is 8. The normalized spacial score (nSPS) is 11.6. The van der Waals surface area contributed by atoms with Gasteiger partial charge < -0.3 is 24.7 Å². The largest absolute Gasteiger partial charge is 0.508 e. The van der Waals surface area contributed by atoms with Crippen LogP contribution < -0.4 is 5.73 Å². The van der Waals surface area contributed by atoms with E-state index in [0.29, 0.717) is 0 Å². The number of hydrogen-bond donors (Lipinski definition) is 1. The zero-order valence-corrected chi connectivity index (χ0v) is 11.8. The molecule has 0 radical (unpaired) electrons. The van der Waals surface area contributed by atoms with Gasteiger partial charge in [-0.05, 0) is 11.6 Å². The highest BCUT2D eigenvalue weighted by Crippen LogP contribution is 1.93. The molecule has 0 unspecified atom stereocenters. The van der Waals surface area contributed by atoms with Crippen molar-refractivity contribution in [2.24, 2.45) is 5.73 Å². The summed E-state index contributed by atoms with van der Waals surface area (Å²) in [4.78, 5) is 43.2. The Hall–Kier alpha value is -2.13. The van der Waals surface area contributed by atoms with Gasteiger partial charge in [0.15, 0.2) is 0 Å². The van der Waals surface area contributed by atoms with Crippen LogP contribution in [-0.4, -0.2) is 56.3 Å². The van der Waals surface area contributed by atoms with Crippen LogP contribution in [0.25, 0.3) is 0 Å². The van der Waals surface area contributed by atoms with E-state index >= 15 is 0 Å². The Bertz CT molecular complexity index is 422. The summed E-state index contributed by atoms with van der Waals surface area (Å²) >= 11 is 5.04. The molecule has 0 aliphatic rings. The Labute approximate surface area is 124 Å². The molecule has 0 aliphatic carbocycles. The van der Waals surface area contributed by atoms with Crippen LogP contribution in [0.5, 0.6) is 0 Å². The molecule has 0 amide bonds. The Balaban J connectivity index is 3.73. The number of nitrogens with two attached hydrogens (primary N) is 1. The first-order chi connectivity index (χ1) is 9.86. The lowest BCUT2D eigenvalue weighted by atomic mass is 10.4. The minimum atomic E-state index is -1.14. The van der Waals surface area contributed by atoms with Gasteiger partial charge in [0.1, 0.15) is 25.9 Å². The molecule has 0 aromatic heterocycles. The van der Waals surface area contributed by atoms with E-state index in [0.717, 1.165) is 19.3 Å². The zero-order chi connectivity index (χ0) is 16.3. The molecule has 0 rings (SSSR count). The standard InChI is InChI=1S/C11H14ClNO8/c1-18-8(14)2-3-9(15)19-4-5-20-11(17)21-6-7(13)10(12)16/h2-3,7H,4-6,13H2,1H3/b3-2+/t7-/m0/s1. The lowest BCUT2D eigenvalue weighted by molar-refractivity contribution is -0.140. The number of esters is 2. The average molecular weight is 324 g/mol. The van der Waals surface area contributed by atoms with E-state index in [-0.39, 0.29) is 13.2 Å². The first-order valence-corrected chi connectivity index (χ1v) is 5.92. The summed E-state index contributed by atoms with van der Waals surface area (Å²) in [5.41, 5.74) is 5.20. The van der Waals surface area contributed by atoms with Crippen LogP contribution in [0.1, 0.15) is 0 Å². The fraction of sp³-hybridized carbons (Fsp3) is 0.455. The Morgan fingerprint density at radius 2 is 1.62 bits per heavy atom. The van der Waals surface area contributed by atoms with E-state index in [1.165, 1.54) is 0 Å². The van der Waals surface area contributed by atoms with Crippen molar-refractivity contribution >= 4 is 34.9 Å². The third-order valence-corrected chi connectivity index (χ3v) is 2.06. The molecule has 0 saturated heterocycles. The number of carbonyl (C=O) groups excluding carboxylic acids is 4. The topological polar surface area (TPSA) is 131 Å². The molecule has 21 heavy (non-hydrogen) atoms. The monoisotopic (exact) mass is 323 g/mol. The molecule has 9 nitrogen and oxygen atoms in total. The quantitative estimate of drug-likeness (QED) is 0.206.